The SMILES string of the molecule is C[C@](CCc1ccccc1Br)(CC(=O)O)NC(=O)c1ccc([N+](=O)[O-])cc1.C[C@](CCc1ccccc1Br)(CC(=O)O)NC(=O)c1ccc([N+](=O)[O-])cc1. The fourth-order valence-corrected chi connectivity index (χ4v) is 6.41. The predicted octanol–water partition coefficient (Wildman–Crippen LogP) is 7.91. The number of carboxylic acids is 2. The minimum absolute atomic E-state index is 0.117. The van der Waals surface area contributed by atoms with Gasteiger partial charge in [-0.2, -0.15) is 0 Å². The van der Waals surface area contributed by atoms with E-state index in [4.69, 9.17) is 0 Å². The van der Waals surface area contributed by atoms with Gasteiger partial charge < -0.3 is 20.8 Å². The number of carbonyl (C=O) groups is 4. The number of nitro groups is 2. The number of nitrogens with one attached hydrogen (secondary N) is 2. The van der Waals surface area contributed by atoms with E-state index in [1.165, 1.54) is 48.5 Å². The number of aliphatic carboxylic acids is 2. The highest BCUT2D eigenvalue weighted by Gasteiger charge is 2.31. The first kappa shape index (κ1) is 42.9. The number of carbonyl (C=O) groups excluding carboxylic acids is 2. The van der Waals surface area contributed by atoms with E-state index in [0.29, 0.717) is 25.7 Å². The zero-order valence-electron chi connectivity index (χ0n) is 29.3. The molecule has 16 heteroatoms. The van der Waals surface area contributed by atoms with Gasteiger partial charge in [0, 0.05) is 55.4 Å². The predicted molar refractivity (Wildman–Crippen MR) is 207 cm³/mol. The molecule has 2 amide bonds. The second-order valence-corrected chi connectivity index (χ2v) is 14.7. The van der Waals surface area contributed by atoms with Crippen LogP contribution in [0.5, 0.6) is 0 Å². The molecule has 0 aliphatic rings. The largest absolute Gasteiger partial charge is 0.481 e. The average molecular weight is 871 g/mol. The molecule has 0 heterocycles. The van der Waals surface area contributed by atoms with Crippen molar-refractivity contribution in [2.24, 2.45) is 0 Å². The molecule has 4 aromatic carbocycles. The fourth-order valence-electron chi connectivity index (χ4n) is 5.44. The highest BCUT2D eigenvalue weighted by Crippen LogP contribution is 2.25. The second kappa shape index (κ2) is 19.6. The lowest BCUT2D eigenvalue weighted by Gasteiger charge is -2.29. The number of hydrogen-bond donors (Lipinski definition) is 4. The first-order chi connectivity index (χ1) is 25.4. The minimum Gasteiger partial charge on any atom is -0.481 e. The monoisotopic (exact) mass is 868 g/mol. The Kier molecular flexibility index (Phi) is 15.5. The molecular formula is C38H38Br2N4O10. The van der Waals surface area contributed by atoms with Crippen molar-refractivity contribution in [1.82, 2.24) is 10.6 Å². The van der Waals surface area contributed by atoms with E-state index in [0.717, 1.165) is 20.1 Å². The molecule has 284 valence electrons. The van der Waals surface area contributed by atoms with Gasteiger partial charge in [-0.3, -0.25) is 39.4 Å². The summed E-state index contributed by atoms with van der Waals surface area (Å²) in [5, 5.41) is 45.5. The highest BCUT2D eigenvalue weighted by atomic mass is 79.9. The van der Waals surface area contributed by atoms with E-state index >= 15 is 0 Å². The van der Waals surface area contributed by atoms with Gasteiger partial charge in [-0.25, -0.2) is 0 Å². The molecule has 0 fully saturated rings. The third kappa shape index (κ3) is 13.5. The number of halogens is 2. The third-order valence-corrected chi connectivity index (χ3v) is 9.95. The second-order valence-electron chi connectivity index (χ2n) is 13.0. The van der Waals surface area contributed by atoms with Crippen LogP contribution in [0.2, 0.25) is 0 Å². The van der Waals surface area contributed by atoms with Crippen LogP contribution in [0, 0.1) is 20.2 Å². The third-order valence-electron chi connectivity index (χ3n) is 8.40. The van der Waals surface area contributed by atoms with E-state index in [1.807, 2.05) is 48.5 Å². The van der Waals surface area contributed by atoms with Crippen molar-refractivity contribution in [3.05, 3.63) is 148 Å². The van der Waals surface area contributed by atoms with Crippen molar-refractivity contribution >= 4 is 67.0 Å². The number of rotatable bonds is 16. The maximum Gasteiger partial charge on any atom is 0.305 e. The Labute approximate surface area is 327 Å². The summed E-state index contributed by atoms with van der Waals surface area (Å²) in [6.07, 6.45) is 1.51. The standard InChI is InChI=1S/2C19H19BrN2O5/c2*1-19(12-17(23)24,11-10-13-4-2-3-5-16(13)20)21-18(25)14-6-8-15(9-7-14)22(26)27/h2*2-9H,10-12H2,1H3,(H,21,25)(H,23,24)/t2*19-/m00/s1. The van der Waals surface area contributed by atoms with E-state index in [1.54, 1.807) is 13.8 Å². The van der Waals surface area contributed by atoms with Gasteiger partial charge >= 0.3 is 11.9 Å². The Hall–Kier alpha value is -5.48. The Morgan fingerprint density at radius 2 is 0.907 bits per heavy atom. The fraction of sp³-hybridized carbons (Fsp3) is 0.263. The van der Waals surface area contributed by atoms with Crippen molar-refractivity contribution in [3.63, 3.8) is 0 Å². The van der Waals surface area contributed by atoms with Crippen molar-refractivity contribution in [2.45, 2.75) is 63.5 Å². The number of non-ortho nitro benzene ring substituents is 2. The number of carboxylic acid groups (broad SMARTS) is 2. The molecule has 0 unspecified atom stereocenters. The Balaban J connectivity index is 0.000000290. The van der Waals surface area contributed by atoms with Crippen LogP contribution < -0.4 is 10.6 Å². The highest BCUT2D eigenvalue weighted by molar-refractivity contribution is 9.10. The van der Waals surface area contributed by atoms with Gasteiger partial charge in [-0.15, -0.1) is 0 Å². The molecule has 0 bridgehead atoms. The number of nitrogens with zero attached hydrogens (tertiary/aromatic N) is 2. The van der Waals surface area contributed by atoms with E-state index < -0.39 is 44.7 Å². The summed E-state index contributed by atoms with van der Waals surface area (Å²) in [7, 11) is 0. The van der Waals surface area contributed by atoms with Crippen molar-refractivity contribution in [1.29, 1.82) is 0 Å². The van der Waals surface area contributed by atoms with Crippen LogP contribution in [0.15, 0.2) is 106 Å². The van der Waals surface area contributed by atoms with Gasteiger partial charge in [0.05, 0.1) is 22.7 Å². The van der Waals surface area contributed by atoms with Gasteiger partial charge in [-0.1, -0.05) is 68.3 Å². The molecule has 0 aliphatic carbocycles. The Morgan fingerprint density at radius 3 is 1.19 bits per heavy atom. The molecule has 4 N–H and O–H groups in total. The lowest BCUT2D eigenvalue weighted by atomic mass is 9.89. The lowest BCUT2D eigenvalue weighted by molar-refractivity contribution is -0.385. The normalized spacial score (nSPS) is 12.8. The van der Waals surface area contributed by atoms with Gasteiger partial charge in [0.25, 0.3) is 23.2 Å². The van der Waals surface area contributed by atoms with E-state index in [9.17, 15) is 49.6 Å². The molecule has 0 saturated carbocycles. The minimum atomic E-state index is -1.02. The first-order valence-electron chi connectivity index (χ1n) is 16.4. The van der Waals surface area contributed by atoms with Crippen LogP contribution in [-0.4, -0.2) is 54.9 Å². The van der Waals surface area contributed by atoms with Crippen LogP contribution in [0.25, 0.3) is 0 Å². The summed E-state index contributed by atoms with van der Waals surface area (Å²) in [6.45, 7) is 3.36. The smallest absolute Gasteiger partial charge is 0.305 e. The van der Waals surface area contributed by atoms with Gasteiger partial charge in [0.15, 0.2) is 0 Å². The molecule has 54 heavy (non-hydrogen) atoms. The molecule has 0 aromatic heterocycles. The average Bonchev–Trinajstić information content (AvgIpc) is 3.10. The Morgan fingerprint density at radius 1 is 0.593 bits per heavy atom. The summed E-state index contributed by atoms with van der Waals surface area (Å²) in [5.41, 5.74) is 0.316. The molecule has 4 aromatic rings. The Bertz CT molecular complexity index is 1850. The molecule has 0 saturated heterocycles. The first-order valence-corrected chi connectivity index (χ1v) is 18.0. The van der Waals surface area contributed by atoms with Gasteiger partial charge in [0.2, 0.25) is 0 Å². The summed E-state index contributed by atoms with van der Waals surface area (Å²) in [5.74, 6) is -2.98. The van der Waals surface area contributed by atoms with Crippen molar-refractivity contribution in [3.8, 4) is 0 Å². The van der Waals surface area contributed by atoms with E-state index in [2.05, 4.69) is 42.5 Å². The zero-order valence-corrected chi connectivity index (χ0v) is 32.5. The molecule has 4 rings (SSSR count). The van der Waals surface area contributed by atoms with Crippen LogP contribution in [-0.2, 0) is 22.4 Å². The zero-order chi connectivity index (χ0) is 40.1. The summed E-state index contributed by atoms with van der Waals surface area (Å²) >= 11 is 6.92. The van der Waals surface area contributed by atoms with Gasteiger partial charge in [-0.05, 0) is 87.1 Å². The summed E-state index contributed by atoms with van der Waals surface area (Å²) in [6, 6.07) is 25.6. The summed E-state index contributed by atoms with van der Waals surface area (Å²) in [4.78, 5) is 68.0. The number of hydrogen-bond acceptors (Lipinski definition) is 8. The van der Waals surface area contributed by atoms with Crippen molar-refractivity contribution < 1.29 is 39.2 Å². The number of benzene rings is 4. The van der Waals surface area contributed by atoms with Crippen LogP contribution in [0.3, 0.4) is 0 Å². The molecule has 0 radical (unpaired) electrons. The molecule has 0 aliphatic heterocycles. The summed E-state index contributed by atoms with van der Waals surface area (Å²) < 4.78 is 1.84. The molecule has 14 nitrogen and oxygen atoms in total. The number of amides is 2. The van der Waals surface area contributed by atoms with E-state index in [-0.39, 0.29) is 35.3 Å². The number of aryl methyl sites for hydroxylation is 2. The topological polar surface area (TPSA) is 219 Å². The maximum atomic E-state index is 12.5. The molecule has 2 atom stereocenters. The molecule has 0 spiro atoms. The molecular weight excluding hydrogens is 832 g/mol. The van der Waals surface area contributed by atoms with Gasteiger partial charge in [0.1, 0.15) is 0 Å². The lowest BCUT2D eigenvalue weighted by Crippen LogP contribution is -2.47. The quantitative estimate of drug-likeness (QED) is 0.0630. The van der Waals surface area contributed by atoms with Crippen molar-refractivity contribution in [2.75, 3.05) is 0 Å². The van der Waals surface area contributed by atoms with Crippen LogP contribution in [0.4, 0.5) is 11.4 Å². The number of nitro benzene ring substituents is 2. The van der Waals surface area contributed by atoms with Crippen LogP contribution >= 0.6 is 31.9 Å². The van der Waals surface area contributed by atoms with Crippen LogP contribution in [0.1, 0.15) is 71.4 Å². The maximum absolute atomic E-state index is 12.5.